The molecule has 4 aliphatic rings. The summed E-state index contributed by atoms with van der Waals surface area (Å²) in [6.45, 7) is 4.21. The Hall–Kier alpha value is -0.830. The van der Waals surface area contributed by atoms with Gasteiger partial charge in [0.2, 0.25) is 0 Å². The van der Waals surface area contributed by atoms with E-state index in [0.29, 0.717) is 5.41 Å². The molecular formula is C17H27N3. The molecule has 3 heteroatoms. The van der Waals surface area contributed by atoms with Crippen LogP contribution in [0.5, 0.6) is 0 Å². The lowest BCUT2D eigenvalue weighted by atomic mass is 9.48. The van der Waals surface area contributed by atoms with Crippen molar-refractivity contribution >= 4 is 0 Å². The van der Waals surface area contributed by atoms with Crippen molar-refractivity contribution in [3.8, 4) is 0 Å². The van der Waals surface area contributed by atoms with E-state index in [1.54, 1.807) is 0 Å². The zero-order valence-electron chi connectivity index (χ0n) is 12.9. The molecule has 0 aliphatic heterocycles. The highest BCUT2D eigenvalue weighted by atomic mass is 15.3. The molecule has 1 aromatic rings. The van der Waals surface area contributed by atoms with Crippen LogP contribution in [0.25, 0.3) is 0 Å². The van der Waals surface area contributed by atoms with Gasteiger partial charge >= 0.3 is 0 Å². The van der Waals surface area contributed by atoms with Crippen molar-refractivity contribution in [1.29, 1.82) is 0 Å². The number of rotatable bonds is 4. The summed E-state index contributed by atoms with van der Waals surface area (Å²) in [7, 11) is 2.08. The molecular weight excluding hydrogens is 246 g/mol. The van der Waals surface area contributed by atoms with Gasteiger partial charge in [-0.15, -0.1) is 0 Å². The van der Waals surface area contributed by atoms with Gasteiger partial charge in [-0.05, 0) is 62.8 Å². The maximum atomic E-state index is 4.93. The minimum atomic E-state index is 0.431. The SMILES string of the molecule is CCNCc1cn(C)nc1C12CC3CC(CC(C3)C1)C2. The van der Waals surface area contributed by atoms with Gasteiger partial charge in [-0.3, -0.25) is 4.68 Å². The topological polar surface area (TPSA) is 29.9 Å². The first-order valence-corrected chi connectivity index (χ1v) is 8.42. The van der Waals surface area contributed by atoms with Gasteiger partial charge in [0.05, 0.1) is 5.69 Å². The van der Waals surface area contributed by atoms with Gasteiger partial charge < -0.3 is 5.32 Å². The molecule has 4 fully saturated rings. The highest BCUT2D eigenvalue weighted by Crippen LogP contribution is 2.60. The summed E-state index contributed by atoms with van der Waals surface area (Å²) < 4.78 is 2.04. The van der Waals surface area contributed by atoms with Crippen molar-refractivity contribution in [2.75, 3.05) is 6.54 Å². The predicted molar refractivity (Wildman–Crippen MR) is 80.4 cm³/mol. The van der Waals surface area contributed by atoms with E-state index in [-0.39, 0.29) is 0 Å². The van der Waals surface area contributed by atoms with E-state index >= 15 is 0 Å². The summed E-state index contributed by atoms with van der Waals surface area (Å²) in [4.78, 5) is 0. The van der Waals surface area contributed by atoms with Crippen LogP contribution in [0.4, 0.5) is 0 Å². The summed E-state index contributed by atoms with van der Waals surface area (Å²) in [6, 6.07) is 0. The van der Waals surface area contributed by atoms with E-state index in [1.807, 2.05) is 4.68 Å². The molecule has 20 heavy (non-hydrogen) atoms. The fourth-order valence-electron chi connectivity index (χ4n) is 5.77. The first-order valence-electron chi connectivity index (χ1n) is 8.42. The first-order chi connectivity index (χ1) is 9.68. The lowest BCUT2D eigenvalue weighted by Gasteiger charge is -2.56. The Morgan fingerprint density at radius 2 is 1.80 bits per heavy atom. The lowest BCUT2D eigenvalue weighted by molar-refractivity contribution is -0.00784. The fraction of sp³-hybridized carbons (Fsp3) is 0.824. The maximum absolute atomic E-state index is 4.93. The minimum absolute atomic E-state index is 0.431. The van der Waals surface area contributed by atoms with E-state index in [4.69, 9.17) is 5.10 Å². The number of hydrogen-bond acceptors (Lipinski definition) is 2. The van der Waals surface area contributed by atoms with Crippen molar-refractivity contribution in [3.05, 3.63) is 17.5 Å². The van der Waals surface area contributed by atoms with Crippen LogP contribution in [0.15, 0.2) is 6.20 Å². The number of nitrogens with one attached hydrogen (secondary N) is 1. The van der Waals surface area contributed by atoms with Crippen LogP contribution in [0, 0.1) is 17.8 Å². The predicted octanol–water partition coefficient (Wildman–Crippen LogP) is 3.00. The third-order valence-corrected chi connectivity index (χ3v) is 6.01. The van der Waals surface area contributed by atoms with Crippen molar-refractivity contribution in [2.24, 2.45) is 24.8 Å². The number of nitrogens with zero attached hydrogens (tertiary/aromatic N) is 2. The van der Waals surface area contributed by atoms with Gasteiger partial charge in [0, 0.05) is 30.8 Å². The first kappa shape index (κ1) is 12.9. The van der Waals surface area contributed by atoms with Gasteiger partial charge in [-0.25, -0.2) is 0 Å². The minimum Gasteiger partial charge on any atom is -0.313 e. The molecule has 0 aromatic carbocycles. The molecule has 4 bridgehead atoms. The van der Waals surface area contributed by atoms with Gasteiger partial charge in [-0.1, -0.05) is 6.92 Å². The Balaban J connectivity index is 1.69. The normalized spacial score (nSPS) is 38.6. The molecule has 0 saturated heterocycles. The Labute approximate surface area is 122 Å². The van der Waals surface area contributed by atoms with Crippen LogP contribution >= 0.6 is 0 Å². The van der Waals surface area contributed by atoms with E-state index in [2.05, 4.69) is 25.5 Å². The zero-order valence-corrected chi connectivity index (χ0v) is 12.9. The van der Waals surface area contributed by atoms with Gasteiger partial charge in [-0.2, -0.15) is 5.10 Å². The highest BCUT2D eigenvalue weighted by Gasteiger charge is 2.53. The second kappa shape index (κ2) is 4.59. The third-order valence-electron chi connectivity index (χ3n) is 6.01. The summed E-state index contributed by atoms with van der Waals surface area (Å²) in [5.41, 5.74) is 3.33. The van der Waals surface area contributed by atoms with Crippen LogP contribution in [0.2, 0.25) is 0 Å². The van der Waals surface area contributed by atoms with Crippen LogP contribution < -0.4 is 5.32 Å². The van der Waals surface area contributed by atoms with Crippen molar-refractivity contribution in [2.45, 2.75) is 57.4 Å². The molecule has 4 aliphatic carbocycles. The van der Waals surface area contributed by atoms with Crippen molar-refractivity contribution < 1.29 is 0 Å². The molecule has 0 radical (unpaired) electrons. The Kier molecular flexibility index (Phi) is 2.95. The molecule has 0 atom stereocenters. The van der Waals surface area contributed by atoms with E-state index in [1.165, 1.54) is 49.8 Å². The van der Waals surface area contributed by atoms with E-state index in [9.17, 15) is 0 Å². The number of aromatic nitrogens is 2. The average molecular weight is 273 g/mol. The standard InChI is InChI=1S/C17H27N3/c1-3-18-10-15-11-20(2)19-16(15)17-7-12-4-13(8-17)6-14(5-12)9-17/h11-14,18H,3-10H2,1-2H3. The average Bonchev–Trinajstić information content (AvgIpc) is 2.77. The summed E-state index contributed by atoms with van der Waals surface area (Å²) in [6.07, 6.45) is 11.0. The largest absolute Gasteiger partial charge is 0.313 e. The van der Waals surface area contributed by atoms with Crippen LogP contribution in [-0.4, -0.2) is 16.3 Å². The van der Waals surface area contributed by atoms with Gasteiger partial charge in [0.25, 0.3) is 0 Å². The second-order valence-electron chi connectivity index (χ2n) is 7.65. The zero-order chi connectivity index (χ0) is 13.7. The second-order valence-corrected chi connectivity index (χ2v) is 7.65. The monoisotopic (exact) mass is 273 g/mol. The fourth-order valence-corrected chi connectivity index (χ4v) is 5.77. The molecule has 110 valence electrons. The smallest absolute Gasteiger partial charge is 0.0731 e. The molecule has 5 rings (SSSR count). The number of aryl methyl sites for hydroxylation is 1. The van der Waals surface area contributed by atoms with Crippen molar-refractivity contribution in [3.63, 3.8) is 0 Å². The Morgan fingerprint density at radius 3 is 2.35 bits per heavy atom. The molecule has 3 nitrogen and oxygen atoms in total. The molecule has 4 saturated carbocycles. The molecule has 0 amide bonds. The van der Waals surface area contributed by atoms with Crippen molar-refractivity contribution in [1.82, 2.24) is 15.1 Å². The molecule has 0 spiro atoms. The van der Waals surface area contributed by atoms with E-state index in [0.717, 1.165) is 30.8 Å². The molecule has 1 N–H and O–H groups in total. The quantitative estimate of drug-likeness (QED) is 0.914. The van der Waals surface area contributed by atoms with E-state index < -0.39 is 0 Å². The third kappa shape index (κ3) is 1.93. The van der Waals surface area contributed by atoms with Crippen LogP contribution in [0.1, 0.15) is 56.7 Å². The lowest BCUT2D eigenvalue weighted by Crippen LogP contribution is -2.49. The molecule has 1 heterocycles. The number of hydrogen-bond donors (Lipinski definition) is 1. The summed E-state index contributed by atoms with van der Waals surface area (Å²) in [5.74, 6) is 2.99. The molecule has 0 unspecified atom stereocenters. The molecule has 1 aromatic heterocycles. The Morgan fingerprint density at radius 1 is 1.20 bits per heavy atom. The Bertz CT molecular complexity index is 467. The van der Waals surface area contributed by atoms with Crippen LogP contribution in [0.3, 0.4) is 0 Å². The summed E-state index contributed by atoms with van der Waals surface area (Å²) >= 11 is 0. The summed E-state index contributed by atoms with van der Waals surface area (Å²) in [5, 5.41) is 8.43. The van der Waals surface area contributed by atoms with Gasteiger partial charge in [0.1, 0.15) is 0 Å². The maximum Gasteiger partial charge on any atom is 0.0731 e. The van der Waals surface area contributed by atoms with Crippen LogP contribution in [-0.2, 0) is 19.0 Å². The highest BCUT2D eigenvalue weighted by molar-refractivity contribution is 5.30. The van der Waals surface area contributed by atoms with Gasteiger partial charge in [0.15, 0.2) is 0 Å².